The van der Waals surface area contributed by atoms with E-state index in [1.54, 1.807) is 0 Å². The fourth-order valence-electron chi connectivity index (χ4n) is 3.79. The second-order valence-electron chi connectivity index (χ2n) is 6.91. The lowest BCUT2D eigenvalue weighted by atomic mass is 10.2. The van der Waals surface area contributed by atoms with Crippen molar-refractivity contribution in [3.8, 4) is 0 Å². The lowest BCUT2D eigenvalue weighted by molar-refractivity contribution is 0.275. The van der Waals surface area contributed by atoms with Crippen LogP contribution in [0, 0.1) is 23.7 Å². The predicted octanol–water partition coefficient (Wildman–Crippen LogP) is 3.02. The van der Waals surface area contributed by atoms with E-state index in [1.165, 1.54) is 44.6 Å². The van der Waals surface area contributed by atoms with Crippen LogP contribution in [0.3, 0.4) is 0 Å². The van der Waals surface area contributed by atoms with Gasteiger partial charge in [0, 0.05) is 24.7 Å². The molecule has 0 radical (unpaired) electrons. The number of nitrogens with one attached hydrogen (secondary N) is 1. The van der Waals surface area contributed by atoms with Gasteiger partial charge in [-0.1, -0.05) is 23.7 Å². The highest BCUT2D eigenvalue weighted by Gasteiger charge is 2.54. The van der Waals surface area contributed by atoms with Crippen LogP contribution in [0.2, 0.25) is 5.02 Å². The van der Waals surface area contributed by atoms with Crippen molar-refractivity contribution in [1.82, 2.24) is 10.2 Å². The van der Waals surface area contributed by atoms with E-state index in [1.807, 2.05) is 12.1 Å². The van der Waals surface area contributed by atoms with E-state index < -0.39 is 0 Å². The smallest absolute Gasteiger partial charge is 0.0406 e. The zero-order valence-corrected chi connectivity index (χ0v) is 12.6. The first-order chi connectivity index (χ1) is 9.79. The van der Waals surface area contributed by atoms with Gasteiger partial charge in [0.1, 0.15) is 0 Å². The van der Waals surface area contributed by atoms with Crippen molar-refractivity contribution < 1.29 is 0 Å². The molecule has 1 aliphatic heterocycles. The zero-order valence-electron chi connectivity index (χ0n) is 11.9. The summed E-state index contributed by atoms with van der Waals surface area (Å²) in [5, 5.41) is 4.51. The molecule has 1 heterocycles. The van der Waals surface area contributed by atoms with E-state index in [2.05, 4.69) is 22.3 Å². The molecule has 2 unspecified atom stereocenters. The number of hydrogen-bond donors (Lipinski definition) is 1. The van der Waals surface area contributed by atoms with E-state index in [-0.39, 0.29) is 0 Å². The average molecular weight is 291 g/mol. The van der Waals surface area contributed by atoms with Gasteiger partial charge >= 0.3 is 0 Å². The van der Waals surface area contributed by atoms with Crippen molar-refractivity contribution in [3.63, 3.8) is 0 Å². The number of piperidine rings is 1. The normalized spacial score (nSPS) is 32.4. The quantitative estimate of drug-likeness (QED) is 0.866. The monoisotopic (exact) mass is 290 g/mol. The molecule has 1 saturated heterocycles. The molecule has 2 aliphatic carbocycles. The van der Waals surface area contributed by atoms with Crippen molar-refractivity contribution >= 4 is 11.6 Å². The van der Waals surface area contributed by atoms with Gasteiger partial charge in [-0.05, 0) is 67.3 Å². The molecule has 0 amide bonds. The summed E-state index contributed by atoms with van der Waals surface area (Å²) in [5.74, 6) is 3.91. The Kier molecular flexibility index (Phi) is 3.49. The van der Waals surface area contributed by atoms with Crippen molar-refractivity contribution in [2.45, 2.75) is 19.4 Å². The van der Waals surface area contributed by atoms with Crippen LogP contribution in [0.5, 0.6) is 0 Å². The van der Waals surface area contributed by atoms with E-state index in [0.717, 1.165) is 35.2 Å². The molecule has 2 saturated carbocycles. The molecular formula is C17H23ClN2. The first-order valence-electron chi connectivity index (χ1n) is 7.97. The third kappa shape index (κ3) is 2.88. The molecule has 108 valence electrons. The van der Waals surface area contributed by atoms with Crippen LogP contribution in [-0.2, 0) is 6.54 Å². The Morgan fingerprint density at radius 1 is 1.05 bits per heavy atom. The Bertz CT molecular complexity index is 456. The molecule has 1 aromatic carbocycles. The van der Waals surface area contributed by atoms with Gasteiger partial charge in [-0.2, -0.15) is 0 Å². The van der Waals surface area contributed by atoms with Gasteiger partial charge in [0.25, 0.3) is 0 Å². The third-order valence-electron chi connectivity index (χ3n) is 5.28. The number of nitrogens with zero attached hydrogens (tertiary/aromatic N) is 1. The molecule has 2 nitrogen and oxygen atoms in total. The van der Waals surface area contributed by atoms with Crippen LogP contribution >= 0.6 is 11.6 Å². The van der Waals surface area contributed by atoms with Crippen molar-refractivity contribution in [2.75, 3.05) is 26.2 Å². The minimum absolute atomic E-state index is 0.833. The van der Waals surface area contributed by atoms with E-state index >= 15 is 0 Å². The minimum atomic E-state index is 0.833. The summed E-state index contributed by atoms with van der Waals surface area (Å²) >= 11 is 5.93. The van der Waals surface area contributed by atoms with Crippen LogP contribution in [0.4, 0.5) is 0 Å². The molecular weight excluding hydrogens is 268 g/mol. The molecule has 1 aromatic rings. The minimum Gasteiger partial charge on any atom is -0.316 e. The summed E-state index contributed by atoms with van der Waals surface area (Å²) in [5.41, 5.74) is 1.39. The molecule has 1 N–H and O–H groups in total. The maximum absolute atomic E-state index is 5.93. The maximum Gasteiger partial charge on any atom is 0.0406 e. The van der Waals surface area contributed by atoms with Gasteiger partial charge in [-0.3, -0.25) is 4.90 Å². The molecule has 0 spiro atoms. The number of fused-ring (bicyclic) bond motifs is 1. The molecule has 0 bridgehead atoms. The molecule has 20 heavy (non-hydrogen) atoms. The summed E-state index contributed by atoms with van der Waals surface area (Å²) in [6.07, 6.45) is 2.92. The van der Waals surface area contributed by atoms with Crippen LogP contribution in [0.1, 0.15) is 18.4 Å². The van der Waals surface area contributed by atoms with Gasteiger partial charge < -0.3 is 5.32 Å². The molecule has 3 aliphatic rings. The summed E-state index contributed by atoms with van der Waals surface area (Å²) < 4.78 is 0. The first kappa shape index (κ1) is 13.1. The van der Waals surface area contributed by atoms with E-state index in [9.17, 15) is 0 Å². The van der Waals surface area contributed by atoms with E-state index in [4.69, 9.17) is 11.6 Å². The highest BCUT2D eigenvalue weighted by atomic mass is 35.5. The van der Waals surface area contributed by atoms with Crippen LogP contribution in [0.25, 0.3) is 0 Å². The van der Waals surface area contributed by atoms with Crippen LogP contribution in [-0.4, -0.2) is 31.1 Å². The van der Waals surface area contributed by atoms with Crippen LogP contribution in [0.15, 0.2) is 24.3 Å². The SMILES string of the molecule is Clc1ccc(CN2CC3C(CNCC4CC4)C3C2)cc1. The Balaban J connectivity index is 1.20. The summed E-state index contributed by atoms with van der Waals surface area (Å²) in [6, 6.07) is 8.30. The number of likely N-dealkylation sites (tertiary alicyclic amines) is 1. The maximum atomic E-state index is 5.93. The fourth-order valence-corrected chi connectivity index (χ4v) is 3.92. The standard InChI is InChI=1S/C17H23ClN2/c18-14-5-3-13(4-6-14)9-20-10-16-15(17(16)11-20)8-19-7-12-1-2-12/h3-6,12,15-17,19H,1-2,7-11H2. The van der Waals surface area contributed by atoms with Gasteiger partial charge in [0.15, 0.2) is 0 Å². The van der Waals surface area contributed by atoms with Gasteiger partial charge in [-0.15, -0.1) is 0 Å². The number of hydrogen-bond acceptors (Lipinski definition) is 2. The lowest BCUT2D eigenvalue weighted by Gasteiger charge is -2.19. The van der Waals surface area contributed by atoms with Gasteiger partial charge in [0.05, 0.1) is 0 Å². The molecule has 2 atom stereocenters. The Morgan fingerprint density at radius 3 is 2.40 bits per heavy atom. The van der Waals surface area contributed by atoms with E-state index in [0.29, 0.717) is 0 Å². The van der Waals surface area contributed by atoms with Gasteiger partial charge in [0.2, 0.25) is 0 Å². The third-order valence-corrected chi connectivity index (χ3v) is 5.53. The van der Waals surface area contributed by atoms with Crippen molar-refractivity contribution in [2.24, 2.45) is 23.7 Å². The molecule has 3 fully saturated rings. The second kappa shape index (κ2) is 5.32. The van der Waals surface area contributed by atoms with Crippen molar-refractivity contribution in [1.29, 1.82) is 0 Å². The Hall–Kier alpha value is -0.570. The number of halogens is 1. The average Bonchev–Trinajstić information content (AvgIpc) is 3.34. The largest absolute Gasteiger partial charge is 0.316 e. The topological polar surface area (TPSA) is 15.3 Å². The molecule has 3 heteroatoms. The predicted molar refractivity (Wildman–Crippen MR) is 82.8 cm³/mol. The summed E-state index contributed by atoms with van der Waals surface area (Å²) in [6.45, 7) is 6.21. The Morgan fingerprint density at radius 2 is 1.75 bits per heavy atom. The van der Waals surface area contributed by atoms with Crippen molar-refractivity contribution in [3.05, 3.63) is 34.9 Å². The number of rotatable bonds is 6. The molecule has 4 rings (SSSR count). The zero-order chi connectivity index (χ0) is 13.5. The van der Waals surface area contributed by atoms with Gasteiger partial charge in [-0.25, -0.2) is 0 Å². The Labute approximate surface area is 126 Å². The summed E-state index contributed by atoms with van der Waals surface area (Å²) in [7, 11) is 0. The van der Waals surface area contributed by atoms with Crippen LogP contribution < -0.4 is 5.32 Å². The fraction of sp³-hybridized carbons (Fsp3) is 0.647. The first-order valence-corrected chi connectivity index (χ1v) is 8.35. The number of benzene rings is 1. The second-order valence-corrected chi connectivity index (χ2v) is 7.35. The molecule has 0 aromatic heterocycles. The lowest BCUT2D eigenvalue weighted by Crippen LogP contribution is -2.28. The summed E-state index contributed by atoms with van der Waals surface area (Å²) in [4.78, 5) is 2.61. The highest BCUT2D eigenvalue weighted by molar-refractivity contribution is 6.30. The highest BCUT2D eigenvalue weighted by Crippen LogP contribution is 2.51.